The molecule has 3 aromatic heterocycles. The van der Waals surface area contributed by atoms with Gasteiger partial charge in [0.15, 0.2) is 11.3 Å². The van der Waals surface area contributed by atoms with Crippen LogP contribution < -0.4 is 5.56 Å². The van der Waals surface area contributed by atoms with Gasteiger partial charge in [-0.05, 0) is 38.0 Å². The molecule has 0 unspecified atom stereocenters. The summed E-state index contributed by atoms with van der Waals surface area (Å²) >= 11 is 5.96. The highest BCUT2D eigenvalue weighted by molar-refractivity contribution is 6.30. The third-order valence-corrected chi connectivity index (χ3v) is 5.61. The van der Waals surface area contributed by atoms with Gasteiger partial charge >= 0.3 is 0 Å². The molecule has 10 heteroatoms. The van der Waals surface area contributed by atoms with Crippen LogP contribution in [0.25, 0.3) is 5.52 Å². The second-order valence-corrected chi connectivity index (χ2v) is 7.86. The van der Waals surface area contributed by atoms with E-state index in [1.807, 2.05) is 31.2 Å². The first-order valence-corrected chi connectivity index (χ1v) is 9.98. The molecule has 1 fully saturated rings. The lowest BCUT2D eigenvalue weighted by atomic mass is 10.0. The number of benzene rings is 1. The van der Waals surface area contributed by atoms with Gasteiger partial charge in [0.25, 0.3) is 5.56 Å². The van der Waals surface area contributed by atoms with Gasteiger partial charge in [-0.25, -0.2) is 9.50 Å². The first kappa shape index (κ1) is 19.0. The second kappa shape index (κ2) is 7.33. The Bertz CT molecular complexity index is 1280. The molecule has 0 aliphatic carbocycles. The number of aryl methyl sites for hydroxylation is 2. The molecule has 0 spiro atoms. The summed E-state index contributed by atoms with van der Waals surface area (Å²) in [5.41, 5.74) is 1.96. The molecule has 1 aromatic carbocycles. The number of halogens is 1. The monoisotopic (exact) mass is 426 g/mol. The van der Waals surface area contributed by atoms with E-state index in [1.54, 1.807) is 11.4 Å². The highest BCUT2D eigenvalue weighted by atomic mass is 35.5. The van der Waals surface area contributed by atoms with Crippen LogP contribution in [0.4, 0.5) is 0 Å². The van der Waals surface area contributed by atoms with Crippen molar-refractivity contribution in [1.29, 1.82) is 0 Å². The molecule has 5 rings (SSSR count). The van der Waals surface area contributed by atoms with E-state index in [2.05, 4.69) is 20.2 Å². The van der Waals surface area contributed by atoms with E-state index in [0.717, 1.165) is 12.0 Å². The van der Waals surface area contributed by atoms with Gasteiger partial charge in [0.2, 0.25) is 5.89 Å². The molecule has 0 radical (unpaired) electrons. The van der Waals surface area contributed by atoms with Crippen molar-refractivity contribution in [3.63, 3.8) is 0 Å². The number of nitrogens with zero attached hydrogens (tertiary/aromatic N) is 6. The number of hydrogen-bond acceptors (Lipinski definition) is 7. The lowest BCUT2D eigenvalue weighted by Crippen LogP contribution is -2.24. The predicted molar refractivity (Wildman–Crippen MR) is 108 cm³/mol. The first-order valence-electron chi connectivity index (χ1n) is 9.60. The number of rotatable bonds is 4. The molecular weight excluding hydrogens is 408 g/mol. The molecule has 2 atom stereocenters. The van der Waals surface area contributed by atoms with Gasteiger partial charge < -0.3 is 9.26 Å². The van der Waals surface area contributed by atoms with Crippen LogP contribution in [0.1, 0.15) is 47.2 Å². The number of fused-ring (bicyclic) bond motifs is 1. The molecule has 0 amide bonds. The lowest BCUT2D eigenvalue weighted by Gasteiger charge is -2.09. The molecule has 0 bridgehead atoms. The molecule has 1 aliphatic rings. The predicted octanol–water partition coefficient (Wildman–Crippen LogP) is 2.84. The summed E-state index contributed by atoms with van der Waals surface area (Å²) in [5.74, 6) is 1.63. The van der Waals surface area contributed by atoms with Crippen molar-refractivity contribution in [2.24, 2.45) is 0 Å². The summed E-state index contributed by atoms with van der Waals surface area (Å²) in [5, 5.41) is 9.09. The molecule has 4 aromatic rings. The van der Waals surface area contributed by atoms with E-state index in [9.17, 15) is 4.79 Å². The van der Waals surface area contributed by atoms with Crippen LogP contribution in [0.3, 0.4) is 0 Å². The Balaban J connectivity index is 1.33. The van der Waals surface area contributed by atoms with Crippen LogP contribution in [0, 0.1) is 13.8 Å². The summed E-state index contributed by atoms with van der Waals surface area (Å²) in [4.78, 5) is 21.6. The fraction of sp³-hybridized carbons (Fsp3) is 0.350. The molecule has 1 aliphatic heterocycles. The van der Waals surface area contributed by atoms with Crippen molar-refractivity contribution in [2.75, 3.05) is 6.61 Å². The van der Waals surface area contributed by atoms with Crippen LogP contribution >= 0.6 is 11.6 Å². The normalized spacial score (nSPS) is 19.0. The molecule has 9 nitrogen and oxygen atoms in total. The number of imidazole rings is 1. The lowest BCUT2D eigenvalue weighted by molar-refractivity contribution is 0.110. The Labute approximate surface area is 176 Å². The molecule has 0 N–H and O–H groups in total. The van der Waals surface area contributed by atoms with E-state index in [-0.39, 0.29) is 24.1 Å². The van der Waals surface area contributed by atoms with Crippen molar-refractivity contribution < 1.29 is 9.26 Å². The minimum absolute atomic E-state index is 0.0280. The standard InChI is InChI=1S/C20H19ClN6O3/c1-11-18-20(28)26(10-22-27(18)12(2)23-11)8-17-24-19(25-30-17)14-7-16(29-9-14)13-3-5-15(21)6-4-13/h3-6,10,14,16H,7-9H2,1-2H3/t14-,16+/m0/s1. The van der Waals surface area contributed by atoms with Crippen molar-refractivity contribution in [2.45, 2.75) is 38.8 Å². The van der Waals surface area contributed by atoms with E-state index in [1.165, 1.54) is 10.9 Å². The van der Waals surface area contributed by atoms with Crippen molar-refractivity contribution in [3.05, 3.63) is 74.8 Å². The highest BCUT2D eigenvalue weighted by Gasteiger charge is 2.31. The summed E-state index contributed by atoms with van der Waals surface area (Å²) in [6.45, 7) is 4.25. The Morgan fingerprint density at radius 3 is 2.80 bits per heavy atom. The first-order chi connectivity index (χ1) is 14.5. The SMILES string of the molecule is Cc1nc(C)n2ncn(Cc3nc([C@@H]4CO[C@@H](c5ccc(Cl)cc5)C4)no3)c(=O)c12. The largest absolute Gasteiger partial charge is 0.373 e. The fourth-order valence-electron chi connectivity index (χ4n) is 3.82. The molecular formula is C20H19ClN6O3. The molecule has 0 saturated carbocycles. The summed E-state index contributed by atoms with van der Waals surface area (Å²) in [6.07, 6.45) is 2.18. The van der Waals surface area contributed by atoms with E-state index < -0.39 is 0 Å². The van der Waals surface area contributed by atoms with Crippen LogP contribution in [0.2, 0.25) is 5.02 Å². The van der Waals surface area contributed by atoms with E-state index in [0.29, 0.717) is 40.4 Å². The average Bonchev–Trinajstić information content (AvgIpc) is 3.44. The molecule has 30 heavy (non-hydrogen) atoms. The maximum Gasteiger partial charge on any atom is 0.280 e. The van der Waals surface area contributed by atoms with Gasteiger partial charge in [-0.2, -0.15) is 10.1 Å². The zero-order valence-corrected chi connectivity index (χ0v) is 17.2. The highest BCUT2D eigenvalue weighted by Crippen LogP contribution is 2.37. The molecule has 1 saturated heterocycles. The van der Waals surface area contributed by atoms with Crippen LogP contribution in [-0.2, 0) is 11.3 Å². The summed E-state index contributed by atoms with van der Waals surface area (Å²) in [6, 6.07) is 7.64. The van der Waals surface area contributed by atoms with Gasteiger partial charge in [-0.3, -0.25) is 9.36 Å². The van der Waals surface area contributed by atoms with E-state index in [4.69, 9.17) is 20.9 Å². The maximum absolute atomic E-state index is 12.8. The Hall–Kier alpha value is -3.04. The third kappa shape index (κ3) is 3.29. The Morgan fingerprint density at radius 1 is 1.20 bits per heavy atom. The van der Waals surface area contributed by atoms with Crippen molar-refractivity contribution >= 4 is 17.1 Å². The van der Waals surface area contributed by atoms with Crippen molar-refractivity contribution in [3.8, 4) is 0 Å². The smallest absolute Gasteiger partial charge is 0.280 e. The van der Waals surface area contributed by atoms with Gasteiger partial charge in [-0.1, -0.05) is 28.9 Å². The minimum atomic E-state index is -0.199. The summed E-state index contributed by atoms with van der Waals surface area (Å²) in [7, 11) is 0. The zero-order chi connectivity index (χ0) is 20.8. The van der Waals surface area contributed by atoms with Gasteiger partial charge in [-0.15, -0.1) is 0 Å². The number of hydrogen-bond donors (Lipinski definition) is 0. The average molecular weight is 427 g/mol. The zero-order valence-electron chi connectivity index (χ0n) is 16.4. The fourth-order valence-corrected chi connectivity index (χ4v) is 3.95. The van der Waals surface area contributed by atoms with Crippen LogP contribution in [0.15, 0.2) is 39.9 Å². The summed E-state index contributed by atoms with van der Waals surface area (Å²) < 4.78 is 14.3. The van der Waals surface area contributed by atoms with Crippen molar-refractivity contribution in [1.82, 2.24) is 29.3 Å². The maximum atomic E-state index is 12.8. The topological polar surface area (TPSA) is 100 Å². The number of ether oxygens (including phenoxy) is 1. The van der Waals surface area contributed by atoms with Crippen LogP contribution in [0.5, 0.6) is 0 Å². The quantitative estimate of drug-likeness (QED) is 0.494. The third-order valence-electron chi connectivity index (χ3n) is 5.35. The van der Waals surface area contributed by atoms with Gasteiger partial charge in [0.05, 0.1) is 18.4 Å². The van der Waals surface area contributed by atoms with E-state index >= 15 is 0 Å². The number of aromatic nitrogens is 6. The minimum Gasteiger partial charge on any atom is -0.373 e. The van der Waals surface area contributed by atoms with Gasteiger partial charge in [0, 0.05) is 10.9 Å². The molecule has 154 valence electrons. The Kier molecular flexibility index (Phi) is 4.63. The second-order valence-electron chi connectivity index (χ2n) is 7.42. The Morgan fingerprint density at radius 2 is 2.00 bits per heavy atom. The van der Waals surface area contributed by atoms with Gasteiger partial charge in [0.1, 0.15) is 18.7 Å². The van der Waals surface area contributed by atoms with Crippen LogP contribution in [-0.4, -0.2) is 35.9 Å². The molecule has 4 heterocycles.